The number of nitrogens with zero attached hydrogens (tertiary/aromatic N) is 2. The average molecular weight is 345 g/mol. The molecule has 0 unspecified atom stereocenters. The van der Waals surface area contributed by atoms with Gasteiger partial charge in [0.25, 0.3) is 0 Å². The quantitative estimate of drug-likeness (QED) is 0.906. The highest BCUT2D eigenvalue weighted by molar-refractivity contribution is 7.18. The van der Waals surface area contributed by atoms with E-state index in [9.17, 15) is 9.59 Å². The van der Waals surface area contributed by atoms with Crippen LogP contribution in [0.1, 0.15) is 37.1 Å². The Morgan fingerprint density at radius 2 is 2.17 bits per heavy atom. The van der Waals surface area contributed by atoms with E-state index in [-0.39, 0.29) is 17.9 Å². The first-order chi connectivity index (χ1) is 11.7. The Labute approximate surface area is 146 Å². The highest BCUT2D eigenvalue weighted by atomic mass is 32.1. The number of nitrogens with one attached hydrogen (secondary N) is 1. The molecular weight excluding hydrogens is 322 g/mol. The van der Waals surface area contributed by atoms with Crippen LogP contribution in [0, 0.1) is 0 Å². The van der Waals surface area contributed by atoms with Crippen LogP contribution < -0.4 is 5.32 Å². The number of likely N-dealkylation sites (N-methyl/N-ethyl adjacent to an activating group) is 1. The van der Waals surface area contributed by atoms with E-state index in [1.54, 1.807) is 23.3 Å². The molecule has 6 heteroatoms. The fraction of sp³-hybridized carbons (Fsp3) is 0.500. The molecule has 2 aromatic rings. The second kappa shape index (κ2) is 7.75. The summed E-state index contributed by atoms with van der Waals surface area (Å²) in [6, 6.07) is 7.80. The van der Waals surface area contributed by atoms with Gasteiger partial charge in [-0.2, -0.15) is 0 Å². The molecule has 0 saturated carbocycles. The maximum absolute atomic E-state index is 12.5. The van der Waals surface area contributed by atoms with Crippen molar-refractivity contribution >= 4 is 33.4 Å². The van der Waals surface area contributed by atoms with E-state index in [4.69, 9.17) is 0 Å². The van der Waals surface area contributed by atoms with Crippen LogP contribution in [-0.2, 0) is 16.0 Å². The molecule has 1 atom stereocenters. The largest absolute Gasteiger partial charge is 0.357 e. The number of rotatable bonds is 5. The first kappa shape index (κ1) is 16.9. The summed E-state index contributed by atoms with van der Waals surface area (Å²) < 4.78 is 1.19. The molecule has 1 aromatic carbocycles. The van der Waals surface area contributed by atoms with Gasteiger partial charge in [0.15, 0.2) is 0 Å². The Morgan fingerprint density at radius 3 is 2.96 bits per heavy atom. The van der Waals surface area contributed by atoms with Crippen molar-refractivity contribution in [1.82, 2.24) is 15.2 Å². The van der Waals surface area contributed by atoms with Crippen molar-refractivity contribution in [1.29, 1.82) is 0 Å². The molecule has 0 aliphatic carbocycles. The number of hydrogen-bond acceptors (Lipinski definition) is 4. The van der Waals surface area contributed by atoms with E-state index in [1.807, 2.05) is 18.2 Å². The Kier molecular flexibility index (Phi) is 5.45. The van der Waals surface area contributed by atoms with Crippen molar-refractivity contribution in [2.75, 3.05) is 13.6 Å². The summed E-state index contributed by atoms with van der Waals surface area (Å²) in [5.74, 6) is 0.0404. The van der Waals surface area contributed by atoms with Crippen molar-refractivity contribution in [2.45, 2.75) is 44.6 Å². The number of piperidine rings is 1. The minimum Gasteiger partial charge on any atom is -0.357 e. The summed E-state index contributed by atoms with van der Waals surface area (Å²) in [5.41, 5.74) is 1.03. The van der Waals surface area contributed by atoms with Crippen LogP contribution in [0.3, 0.4) is 0 Å². The molecule has 2 heterocycles. The van der Waals surface area contributed by atoms with Gasteiger partial charge >= 0.3 is 0 Å². The van der Waals surface area contributed by atoms with Crippen LogP contribution >= 0.6 is 11.3 Å². The maximum atomic E-state index is 12.5. The molecule has 2 amide bonds. The smallest absolute Gasteiger partial charge is 0.242 e. The highest BCUT2D eigenvalue weighted by Crippen LogP contribution is 2.23. The number of para-hydroxylation sites is 1. The van der Waals surface area contributed by atoms with Gasteiger partial charge in [0.2, 0.25) is 11.8 Å². The molecule has 128 valence electrons. The zero-order valence-electron chi connectivity index (χ0n) is 14.0. The van der Waals surface area contributed by atoms with E-state index in [0.29, 0.717) is 13.0 Å². The van der Waals surface area contributed by atoms with Gasteiger partial charge in [-0.3, -0.25) is 9.59 Å². The summed E-state index contributed by atoms with van der Waals surface area (Å²) in [4.78, 5) is 30.9. The molecule has 0 bridgehead atoms. The molecule has 1 saturated heterocycles. The van der Waals surface area contributed by atoms with Gasteiger partial charge in [0.1, 0.15) is 6.04 Å². The Morgan fingerprint density at radius 1 is 1.33 bits per heavy atom. The molecule has 3 rings (SSSR count). The minimum absolute atomic E-state index is 0.0470. The molecule has 24 heavy (non-hydrogen) atoms. The normalized spacial score (nSPS) is 17.9. The van der Waals surface area contributed by atoms with Crippen LogP contribution in [0.2, 0.25) is 0 Å². The highest BCUT2D eigenvalue weighted by Gasteiger charge is 2.30. The fourth-order valence-corrected chi connectivity index (χ4v) is 4.24. The summed E-state index contributed by atoms with van der Waals surface area (Å²) in [7, 11) is 1.63. The van der Waals surface area contributed by atoms with Gasteiger partial charge in [0.05, 0.1) is 15.2 Å². The third-order valence-electron chi connectivity index (χ3n) is 4.49. The topological polar surface area (TPSA) is 62.3 Å². The van der Waals surface area contributed by atoms with Crippen LogP contribution in [0.5, 0.6) is 0 Å². The number of aryl methyl sites for hydroxylation is 1. The van der Waals surface area contributed by atoms with Crippen LogP contribution in [-0.4, -0.2) is 41.3 Å². The fourth-order valence-electron chi connectivity index (χ4n) is 3.23. The second-order valence-corrected chi connectivity index (χ2v) is 7.26. The summed E-state index contributed by atoms with van der Waals surface area (Å²) in [6.07, 6.45) is 4.82. The van der Waals surface area contributed by atoms with Gasteiger partial charge in [-0.15, -0.1) is 11.3 Å². The molecular formula is C18H23N3O2S. The third kappa shape index (κ3) is 3.75. The standard InChI is InChI=1S/C18H23N3O2S/c1-19-18(23)14-8-4-5-12-21(14)17(22)11-6-10-16-20-13-7-2-3-9-15(13)24-16/h2-3,7,9,14H,4-6,8,10-12H2,1H3,(H,19,23)/t14-/m0/s1. The second-order valence-electron chi connectivity index (χ2n) is 6.14. The zero-order chi connectivity index (χ0) is 16.9. The van der Waals surface area contributed by atoms with Crippen molar-refractivity contribution in [3.8, 4) is 0 Å². The Hall–Kier alpha value is -1.95. The number of thiazole rings is 1. The monoisotopic (exact) mass is 345 g/mol. The predicted octanol–water partition coefficient (Wildman–Crippen LogP) is 2.75. The lowest BCUT2D eigenvalue weighted by atomic mass is 10.0. The molecule has 5 nitrogen and oxygen atoms in total. The summed E-state index contributed by atoms with van der Waals surface area (Å²) in [6.45, 7) is 0.693. The van der Waals surface area contributed by atoms with E-state index in [1.165, 1.54) is 4.70 Å². The van der Waals surface area contributed by atoms with E-state index >= 15 is 0 Å². The molecule has 1 aliphatic rings. The van der Waals surface area contributed by atoms with Gasteiger partial charge in [-0.25, -0.2) is 4.98 Å². The van der Waals surface area contributed by atoms with E-state index in [0.717, 1.165) is 42.6 Å². The third-order valence-corrected chi connectivity index (χ3v) is 5.59. The van der Waals surface area contributed by atoms with Crippen molar-refractivity contribution in [2.24, 2.45) is 0 Å². The number of hydrogen-bond donors (Lipinski definition) is 1. The number of likely N-dealkylation sites (tertiary alicyclic amines) is 1. The van der Waals surface area contributed by atoms with Crippen molar-refractivity contribution < 1.29 is 9.59 Å². The average Bonchev–Trinajstić information content (AvgIpc) is 3.03. The van der Waals surface area contributed by atoms with Gasteiger partial charge in [-0.05, 0) is 44.2 Å². The Balaban J connectivity index is 1.55. The van der Waals surface area contributed by atoms with Crippen LogP contribution in [0.15, 0.2) is 24.3 Å². The first-order valence-corrected chi connectivity index (χ1v) is 9.36. The number of benzene rings is 1. The number of aromatic nitrogens is 1. The number of carbonyl (C=O) groups is 2. The molecule has 1 aliphatic heterocycles. The Bertz CT molecular complexity index is 695. The lowest BCUT2D eigenvalue weighted by Gasteiger charge is -2.34. The van der Waals surface area contributed by atoms with Crippen LogP contribution in [0.25, 0.3) is 10.2 Å². The first-order valence-electron chi connectivity index (χ1n) is 8.54. The number of carbonyl (C=O) groups excluding carboxylic acids is 2. The summed E-state index contributed by atoms with van der Waals surface area (Å²) in [5, 5.41) is 3.75. The number of fused-ring (bicyclic) bond motifs is 1. The summed E-state index contributed by atoms with van der Waals surface area (Å²) >= 11 is 1.69. The van der Waals surface area contributed by atoms with Crippen molar-refractivity contribution in [3.05, 3.63) is 29.3 Å². The molecule has 0 radical (unpaired) electrons. The van der Waals surface area contributed by atoms with Gasteiger partial charge < -0.3 is 10.2 Å². The van der Waals surface area contributed by atoms with Gasteiger partial charge in [-0.1, -0.05) is 12.1 Å². The SMILES string of the molecule is CNC(=O)[C@@H]1CCCCN1C(=O)CCCc1nc2ccccc2s1. The van der Waals surface area contributed by atoms with Gasteiger partial charge in [0, 0.05) is 20.0 Å². The lowest BCUT2D eigenvalue weighted by Crippen LogP contribution is -2.51. The maximum Gasteiger partial charge on any atom is 0.242 e. The van der Waals surface area contributed by atoms with Crippen LogP contribution in [0.4, 0.5) is 0 Å². The minimum atomic E-state index is -0.293. The lowest BCUT2D eigenvalue weighted by molar-refractivity contribution is -0.142. The molecule has 1 fully saturated rings. The van der Waals surface area contributed by atoms with E-state index < -0.39 is 0 Å². The number of amides is 2. The zero-order valence-corrected chi connectivity index (χ0v) is 14.8. The van der Waals surface area contributed by atoms with Crippen molar-refractivity contribution in [3.63, 3.8) is 0 Å². The molecule has 0 spiro atoms. The van der Waals surface area contributed by atoms with E-state index in [2.05, 4.69) is 16.4 Å². The predicted molar refractivity (Wildman–Crippen MR) is 96.0 cm³/mol. The molecule has 1 N–H and O–H groups in total. The molecule has 1 aromatic heterocycles.